The highest BCUT2D eigenvalue weighted by Crippen LogP contribution is 2.49. The molecule has 24 heavy (non-hydrogen) atoms. The third-order valence-electron chi connectivity index (χ3n) is 6.08. The number of nitriles is 1. The van der Waals surface area contributed by atoms with Gasteiger partial charge < -0.3 is 10.2 Å². The number of fused-ring (bicyclic) bond motifs is 2. The molecule has 2 heterocycles. The average Bonchev–Trinajstić information content (AvgIpc) is 3.30. The topological polar surface area (TPSA) is 56.1 Å². The Bertz CT molecular complexity index is 677. The molecule has 1 amide bonds. The molecule has 5 heteroatoms. The first kappa shape index (κ1) is 15.8. The second-order valence-corrected chi connectivity index (χ2v) is 7.84. The Kier molecular flexibility index (Phi) is 3.92. The van der Waals surface area contributed by atoms with Gasteiger partial charge in [0.2, 0.25) is 5.91 Å². The number of carbonyl (C=O) groups excluding carboxylic acids is 1. The minimum Gasteiger partial charge on any atom is -0.350 e. The average molecular weight is 344 g/mol. The number of carbonyl (C=O) groups is 1. The van der Waals surface area contributed by atoms with Gasteiger partial charge in [0.05, 0.1) is 11.5 Å². The van der Waals surface area contributed by atoms with Crippen LogP contribution in [0, 0.1) is 11.5 Å². The Morgan fingerprint density at radius 3 is 2.62 bits per heavy atom. The molecular formula is C19H22ClN3O. The molecule has 2 saturated heterocycles. The zero-order chi connectivity index (χ0) is 16.7. The molecule has 0 aromatic heterocycles. The first-order chi connectivity index (χ1) is 11.6. The van der Waals surface area contributed by atoms with Crippen molar-refractivity contribution in [2.75, 3.05) is 0 Å². The maximum atomic E-state index is 13.0. The van der Waals surface area contributed by atoms with Gasteiger partial charge in [0, 0.05) is 17.1 Å². The Hall–Kier alpha value is -1.73. The van der Waals surface area contributed by atoms with E-state index in [1.807, 2.05) is 29.2 Å². The zero-order valence-electron chi connectivity index (χ0n) is 13.7. The molecule has 1 aromatic rings. The van der Waals surface area contributed by atoms with Gasteiger partial charge in [-0.3, -0.25) is 4.79 Å². The number of nitrogens with one attached hydrogen (secondary N) is 1. The molecule has 0 radical (unpaired) electrons. The monoisotopic (exact) mass is 343 g/mol. The lowest BCUT2D eigenvalue weighted by Crippen LogP contribution is -2.50. The number of hydrogen-bond acceptors (Lipinski definition) is 3. The van der Waals surface area contributed by atoms with Crippen LogP contribution in [0.4, 0.5) is 0 Å². The summed E-state index contributed by atoms with van der Waals surface area (Å²) in [6.45, 7) is 0. The smallest absolute Gasteiger partial charge is 0.230 e. The van der Waals surface area contributed by atoms with Gasteiger partial charge >= 0.3 is 0 Å². The van der Waals surface area contributed by atoms with Crippen molar-refractivity contribution in [2.24, 2.45) is 0 Å². The molecular weight excluding hydrogens is 322 g/mol. The normalized spacial score (nSPS) is 30.3. The predicted octanol–water partition coefficient (Wildman–Crippen LogP) is 3.35. The van der Waals surface area contributed by atoms with E-state index in [0.717, 1.165) is 50.5 Å². The van der Waals surface area contributed by atoms with Crippen molar-refractivity contribution < 1.29 is 4.79 Å². The molecule has 2 aliphatic heterocycles. The molecule has 1 aromatic carbocycles. The molecule has 1 saturated carbocycles. The van der Waals surface area contributed by atoms with Crippen LogP contribution in [0.3, 0.4) is 0 Å². The van der Waals surface area contributed by atoms with Crippen LogP contribution in [-0.2, 0) is 10.2 Å². The fourth-order valence-electron chi connectivity index (χ4n) is 4.53. The number of halogens is 1. The molecule has 3 aliphatic rings. The van der Waals surface area contributed by atoms with Crippen LogP contribution in [0.1, 0.15) is 50.5 Å². The van der Waals surface area contributed by atoms with Crippen LogP contribution >= 0.6 is 11.6 Å². The standard InChI is InChI=1S/C19H22ClN3O/c20-14-6-4-13(5-7-14)19(10-11-19)18(24)22-16-3-1-2-15-8-9-17(16)23(15)12-21/h4-7,15-17H,1-3,8-11H2,(H,22,24). The lowest BCUT2D eigenvalue weighted by atomic mass is 9.92. The van der Waals surface area contributed by atoms with E-state index in [-0.39, 0.29) is 23.4 Å². The van der Waals surface area contributed by atoms with Crippen LogP contribution in [0.15, 0.2) is 24.3 Å². The Morgan fingerprint density at radius 1 is 1.21 bits per heavy atom. The molecule has 4 nitrogen and oxygen atoms in total. The lowest BCUT2D eigenvalue weighted by molar-refractivity contribution is -0.124. The van der Waals surface area contributed by atoms with Crippen molar-refractivity contribution in [1.82, 2.24) is 10.2 Å². The second kappa shape index (κ2) is 5.97. The van der Waals surface area contributed by atoms with Crippen molar-refractivity contribution in [3.63, 3.8) is 0 Å². The third kappa shape index (κ3) is 2.56. The quantitative estimate of drug-likeness (QED) is 0.856. The third-order valence-corrected chi connectivity index (χ3v) is 6.33. The molecule has 3 fully saturated rings. The van der Waals surface area contributed by atoms with Gasteiger partial charge in [0.1, 0.15) is 0 Å². The highest BCUT2D eigenvalue weighted by molar-refractivity contribution is 6.30. The number of hydrogen-bond donors (Lipinski definition) is 1. The van der Waals surface area contributed by atoms with Crippen LogP contribution in [0.2, 0.25) is 5.02 Å². The van der Waals surface area contributed by atoms with E-state index in [1.54, 1.807) is 0 Å². The number of benzene rings is 1. The molecule has 3 atom stereocenters. The summed E-state index contributed by atoms with van der Waals surface area (Å²) in [7, 11) is 0. The van der Waals surface area contributed by atoms with Crippen molar-refractivity contribution >= 4 is 17.5 Å². The van der Waals surface area contributed by atoms with Crippen molar-refractivity contribution in [2.45, 2.75) is 68.5 Å². The summed E-state index contributed by atoms with van der Waals surface area (Å²) in [4.78, 5) is 15.0. The summed E-state index contributed by atoms with van der Waals surface area (Å²) in [5, 5.41) is 13.5. The van der Waals surface area contributed by atoms with E-state index in [2.05, 4.69) is 11.5 Å². The molecule has 0 spiro atoms. The van der Waals surface area contributed by atoms with Gasteiger partial charge in [-0.1, -0.05) is 23.7 Å². The zero-order valence-corrected chi connectivity index (χ0v) is 14.4. The molecule has 1 aliphatic carbocycles. The Labute approximate surface area is 147 Å². The summed E-state index contributed by atoms with van der Waals surface area (Å²) in [6, 6.07) is 8.30. The molecule has 1 N–H and O–H groups in total. The first-order valence-corrected chi connectivity index (χ1v) is 9.27. The number of nitrogens with zero attached hydrogens (tertiary/aromatic N) is 2. The summed E-state index contributed by atoms with van der Waals surface area (Å²) in [5.41, 5.74) is 0.672. The Balaban J connectivity index is 1.51. The van der Waals surface area contributed by atoms with E-state index in [4.69, 9.17) is 11.6 Å². The van der Waals surface area contributed by atoms with Crippen molar-refractivity contribution in [3.8, 4) is 6.19 Å². The van der Waals surface area contributed by atoms with Gasteiger partial charge in [0.25, 0.3) is 0 Å². The van der Waals surface area contributed by atoms with Gasteiger partial charge in [-0.2, -0.15) is 5.26 Å². The van der Waals surface area contributed by atoms with E-state index in [1.165, 1.54) is 0 Å². The van der Waals surface area contributed by atoms with Crippen molar-refractivity contribution in [3.05, 3.63) is 34.9 Å². The largest absolute Gasteiger partial charge is 0.350 e. The fourth-order valence-corrected chi connectivity index (χ4v) is 4.65. The molecule has 126 valence electrons. The summed E-state index contributed by atoms with van der Waals surface area (Å²) < 4.78 is 0. The van der Waals surface area contributed by atoms with Gasteiger partial charge in [-0.05, 0) is 62.6 Å². The number of rotatable bonds is 3. The van der Waals surface area contributed by atoms with Crippen LogP contribution < -0.4 is 5.32 Å². The SMILES string of the molecule is N#CN1C2CCCC(NC(=O)C3(c4ccc(Cl)cc4)CC3)C1CC2. The van der Waals surface area contributed by atoms with E-state index in [0.29, 0.717) is 11.1 Å². The van der Waals surface area contributed by atoms with Crippen LogP contribution in [-0.4, -0.2) is 28.9 Å². The van der Waals surface area contributed by atoms with E-state index in [9.17, 15) is 10.1 Å². The second-order valence-electron chi connectivity index (χ2n) is 7.41. The molecule has 3 unspecified atom stereocenters. The van der Waals surface area contributed by atoms with Gasteiger partial charge in [0.15, 0.2) is 6.19 Å². The minimum atomic E-state index is -0.383. The summed E-state index contributed by atoms with van der Waals surface area (Å²) >= 11 is 5.97. The van der Waals surface area contributed by atoms with E-state index < -0.39 is 0 Å². The summed E-state index contributed by atoms with van der Waals surface area (Å²) in [6.07, 6.45) is 9.36. The van der Waals surface area contributed by atoms with Crippen LogP contribution in [0.5, 0.6) is 0 Å². The highest BCUT2D eigenvalue weighted by Gasteiger charge is 2.52. The lowest BCUT2D eigenvalue weighted by Gasteiger charge is -2.30. The summed E-state index contributed by atoms with van der Waals surface area (Å²) in [5.74, 6) is 0.123. The minimum absolute atomic E-state index is 0.0921. The van der Waals surface area contributed by atoms with E-state index >= 15 is 0 Å². The Morgan fingerprint density at radius 2 is 1.96 bits per heavy atom. The van der Waals surface area contributed by atoms with Gasteiger partial charge in [-0.15, -0.1) is 0 Å². The maximum absolute atomic E-state index is 13.0. The number of amides is 1. The van der Waals surface area contributed by atoms with Crippen LogP contribution in [0.25, 0.3) is 0 Å². The fraction of sp³-hybridized carbons (Fsp3) is 0.579. The predicted molar refractivity (Wildman–Crippen MR) is 92.4 cm³/mol. The highest BCUT2D eigenvalue weighted by atomic mass is 35.5. The molecule has 2 bridgehead atoms. The maximum Gasteiger partial charge on any atom is 0.230 e. The molecule has 4 rings (SSSR count). The van der Waals surface area contributed by atoms with Gasteiger partial charge in [-0.25, -0.2) is 0 Å². The first-order valence-electron chi connectivity index (χ1n) is 8.89. The van der Waals surface area contributed by atoms with Crippen molar-refractivity contribution in [1.29, 1.82) is 5.26 Å².